The Morgan fingerprint density at radius 1 is 1.25 bits per heavy atom. The molecule has 1 amide bonds. The summed E-state index contributed by atoms with van der Waals surface area (Å²) in [5, 5.41) is 13.2. The second kappa shape index (κ2) is 4.80. The summed E-state index contributed by atoms with van der Waals surface area (Å²) in [6.45, 7) is 0.611. The van der Waals surface area contributed by atoms with E-state index >= 15 is 0 Å². The number of aliphatic carboxylic acids is 1. The first-order valence-electron chi connectivity index (χ1n) is 6.29. The molecule has 1 aromatic heterocycles. The van der Waals surface area contributed by atoms with Crippen molar-refractivity contribution in [1.29, 1.82) is 0 Å². The first kappa shape index (κ1) is 12.4. The molecule has 0 atom stereocenters. The van der Waals surface area contributed by atoms with Gasteiger partial charge in [-0.2, -0.15) is 5.10 Å². The number of hydrogen-bond donors (Lipinski definition) is 1. The van der Waals surface area contributed by atoms with Crippen molar-refractivity contribution in [3.05, 3.63) is 42.1 Å². The fourth-order valence-corrected chi connectivity index (χ4v) is 2.30. The van der Waals surface area contributed by atoms with E-state index in [0.717, 1.165) is 11.3 Å². The van der Waals surface area contributed by atoms with Gasteiger partial charge in [-0.05, 0) is 6.07 Å². The van der Waals surface area contributed by atoms with Gasteiger partial charge in [-0.3, -0.25) is 14.3 Å². The van der Waals surface area contributed by atoms with Crippen LogP contribution in [0.25, 0.3) is 11.3 Å². The molecule has 1 aliphatic rings. The molecule has 0 spiro atoms. The van der Waals surface area contributed by atoms with Crippen molar-refractivity contribution in [2.45, 2.75) is 6.54 Å². The third-order valence-electron chi connectivity index (χ3n) is 3.26. The molecule has 2 aromatic rings. The number of rotatable bonds is 3. The van der Waals surface area contributed by atoms with E-state index < -0.39 is 5.97 Å². The van der Waals surface area contributed by atoms with Crippen LogP contribution in [0, 0.1) is 0 Å². The first-order valence-corrected chi connectivity index (χ1v) is 6.29. The topological polar surface area (TPSA) is 75.4 Å². The van der Waals surface area contributed by atoms with E-state index in [1.165, 1.54) is 4.90 Å². The molecule has 102 valence electrons. The second-order valence-corrected chi connectivity index (χ2v) is 4.62. The van der Waals surface area contributed by atoms with Crippen LogP contribution in [0.5, 0.6) is 0 Å². The van der Waals surface area contributed by atoms with E-state index in [0.29, 0.717) is 18.8 Å². The van der Waals surface area contributed by atoms with Crippen LogP contribution in [-0.2, 0) is 11.3 Å². The van der Waals surface area contributed by atoms with Crippen molar-refractivity contribution in [3.63, 3.8) is 0 Å². The number of carbonyl (C=O) groups is 2. The molecule has 0 bridgehead atoms. The Hall–Kier alpha value is -2.63. The van der Waals surface area contributed by atoms with Crippen LogP contribution in [0.2, 0.25) is 0 Å². The van der Waals surface area contributed by atoms with Crippen molar-refractivity contribution in [2.24, 2.45) is 0 Å². The molecule has 0 radical (unpaired) electrons. The van der Waals surface area contributed by atoms with Gasteiger partial charge in [0.1, 0.15) is 12.2 Å². The van der Waals surface area contributed by atoms with Gasteiger partial charge >= 0.3 is 5.97 Å². The highest BCUT2D eigenvalue weighted by molar-refractivity contribution is 5.96. The predicted molar refractivity (Wildman–Crippen MR) is 71.2 cm³/mol. The molecule has 0 fully saturated rings. The minimum absolute atomic E-state index is 0.273. The van der Waals surface area contributed by atoms with E-state index in [2.05, 4.69) is 5.10 Å². The number of nitrogens with zero attached hydrogens (tertiary/aromatic N) is 3. The van der Waals surface area contributed by atoms with E-state index in [1.54, 1.807) is 10.7 Å². The van der Waals surface area contributed by atoms with Crippen molar-refractivity contribution in [1.82, 2.24) is 14.7 Å². The Labute approximate surface area is 115 Å². The largest absolute Gasteiger partial charge is 0.480 e. The lowest BCUT2D eigenvalue weighted by Crippen LogP contribution is -2.43. The maximum atomic E-state index is 12.2. The number of amides is 1. The summed E-state index contributed by atoms with van der Waals surface area (Å²) in [5.41, 5.74) is 2.11. The van der Waals surface area contributed by atoms with Crippen molar-refractivity contribution in [3.8, 4) is 11.3 Å². The molecule has 0 aliphatic carbocycles. The minimum Gasteiger partial charge on any atom is -0.480 e. The quantitative estimate of drug-likeness (QED) is 0.906. The maximum absolute atomic E-state index is 12.2. The van der Waals surface area contributed by atoms with Crippen LogP contribution < -0.4 is 0 Å². The highest BCUT2D eigenvalue weighted by Crippen LogP contribution is 2.21. The fourth-order valence-electron chi connectivity index (χ4n) is 2.30. The number of benzene rings is 1. The number of hydrogen-bond acceptors (Lipinski definition) is 3. The third-order valence-corrected chi connectivity index (χ3v) is 3.26. The van der Waals surface area contributed by atoms with Crippen LogP contribution in [0.3, 0.4) is 0 Å². The molecule has 0 unspecified atom stereocenters. The zero-order valence-electron chi connectivity index (χ0n) is 10.7. The van der Waals surface area contributed by atoms with Crippen LogP contribution in [-0.4, -0.2) is 44.8 Å². The van der Waals surface area contributed by atoms with Gasteiger partial charge in [0.25, 0.3) is 5.91 Å². The van der Waals surface area contributed by atoms with Crippen LogP contribution in [0.1, 0.15) is 10.5 Å². The van der Waals surface area contributed by atoms with Crippen molar-refractivity contribution < 1.29 is 14.7 Å². The fraction of sp³-hybridized carbons (Fsp3) is 0.214. The van der Waals surface area contributed by atoms with E-state index in [-0.39, 0.29) is 12.5 Å². The lowest BCUT2D eigenvalue weighted by molar-refractivity contribution is -0.137. The summed E-state index contributed by atoms with van der Waals surface area (Å²) in [6.07, 6.45) is 0. The van der Waals surface area contributed by atoms with Crippen molar-refractivity contribution in [2.75, 3.05) is 13.1 Å². The molecule has 3 rings (SSSR count). The van der Waals surface area contributed by atoms with E-state index in [4.69, 9.17) is 5.11 Å². The lowest BCUT2D eigenvalue weighted by atomic mass is 10.1. The maximum Gasteiger partial charge on any atom is 0.323 e. The van der Waals surface area contributed by atoms with E-state index in [9.17, 15) is 9.59 Å². The van der Waals surface area contributed by atoms with Gasteiger partial charge in [0, 0.05) is 12.1 Å². The zero-order valence-corrected chi connectivity index (χ0v) is 10.7. The van der Waals surface area contributed by atoms with Crippen molar-refractivity contribution >= 4 is 11.9 Å². The van der Waals surface area contributed by atoms with Gasteiger partial charge in [0.05, 0.1) is 12.2 Å². The number of carbonyl (C=O) groups excluding carboxylic acids is 1. The summed E-state index contributed by atoms with van der Waals surface area (Å²) in [6, 6.07) is 11.3. The van der Waals surface area contributed by atoms with Crippen LogP contribution in [0.4, 0.5) is 0 Å². The highest BCUT2D eigenvalue weighted by atomic mass is 16.4. The molecule has 2 heterocycles. The van der Waals surface area contributed by atoms with Crippen LogP contribution in [0.15, 0.2) is 36.4 Å². The number of carboxylic acid groups (broad SMARTS) is 1. The Morgan fingerprint density at radius 2 is 2.00 bits per heavy atom. The molecular weight excluding hydrogens is 258 g/mol. The smallest absolute Gasteiger partial charge is 0.323 e. The summed E-state index contributed by atoms with van der Waals surface area (Å²) in [4.78, 5) is 24.3. The summed E-state index contributed by atoms with van der Waals surface area (Å²) in [5.74, 6) is -1.29. The third kappa shape index (κ3) is 2.16. The molecular formula is C14H13N3O3. The Kier molecular flexibility index (Phi) is 2.98. The number of carboxylic acids is 1. The molecule has 6 heteroatoms. The Balaban J connectivity index is 1.92. The molecule has 20 heavy (non-hydrogen) atoms. The number of aromatic nitrogens is 2. The lowest BCUT2D eigenvalue weighted by Gasteiger charge is -2.25. The normalized spacial score (nSPS) is 14.2. The average molecular weight is 271 g/mol. The number of fused-ring (bicyclic) bond motifs is 1. The Bertz CT molecular complexity index is 664. The first-order chi connectivity index (χ1) is 9.65. The molecule has 1 aromatic carbocycles. The molecule has 0 saturated heterocycles. The molecule has 6 nitrogen and oxygen atoms in total. The molecule has 0 saturated carbocycles. The standard InChI is InChI=1S/C14H13N3O3/c18-13(19)9-16-6-7-17-12(14(16)20)8-11(15-17)10-4-2-1-3-5-10/h1-5,8H,6-7,9H2,(H,18,19). The second-order valence-electron chi connectivity index (χ2n) is 4.62. The molecule has 1 N–H and O–H groups in total. The average Bonchev–Trinajstić information content (AvgIpc) is 2.87. The minimum atomic E-state index is -1.01. The summed E-state index contributed by atoms with van der Waals surface area (Å²) < 4.78 is 1.64. The van der Waals surface area contributed by atoms with Gasteiger partial charge in [-0.25, -0.2) is 0 Å². The monoisotopic (exact) mass is 271 g/mol. The molecule has 1 aliphatic heterocycles. The summed E-state index contributed by atoms with van der Waals surface area (Å²) >= 11 is 0. The highest BCUT2D eigenvalue weighted by Gasteiger charge is 2.27. The zero-order chi connectivity index (χ0) is 14.1. The predicted octanol–water partition coefficient (Wildman–Crippen LogP) is 1.09. The van der Waals surface area contributed by atoms with Gasteiger partial charge < -0.3 is 10.0 Å². The summed E-state index contributed by atoms with van der Waals surface area (Å²) in [7, 11) is 0. The Morgan fingerprint density at radius 3 is 2.70 bits per heavy atom. The van der Waals surface area contributed by atoms with E-state index in [1.807, 2.05) is 30.3 Å². The van der Waals surface area contributed by atoms with Gasteiger partial charge in [0.2, 0.25) is 0 Å². The van der Waals surface area contributed by atoms with Gasteiger partial charge in [-0.1, -0.05) is 30.3 Å². The van der Waals surface area contributed by atoms with Gasteiger partial charge in [0.15, 0.2) is 0 Å². The van der Waals surface area contributed by atoms with Gasteiger partial charge in [-0.15, -0.1) is 0 Å². The van der Waals surface area contributed by atoms with Crippen LogP contribution >= 0.6 is 0 Å². The SMILES string of the molecule is O=C(O)CN1CCn2nc(-c3ccccc3)cc2C1=O.